The monoisotopic (exact) mass is 654 g/mol. The third-order valence-electron chi connectivity index (χ3n) is 10.4. The van der Waals surface area contributed by atoms with Gasteiger partial charge >= 0.3 is 0 Å². The molecule has 0 aliphatic carbocycles. The molecule has 5 rings (SSSR count). The Kier molecular flexibility index (Phi) is 11.2. The van der Waals surface area contributed by atoms with E-state index in [2.05, 4.69) is 32.9 Å². The second-order valence-corrected chi connectivity index (χ2v) is 13.9. The van der Waals surface area contributed by atoms with Gasteiger partial charge in [-0.3, -0.25) is 9.59 Å². The second-order valence-electron chi connectivity index (χ2n) is 13.9. The fourth-order valence-corrected chi connectivity index (χ4v) is 7.55. The molecule has 3 aliphatic heterocycles. The number of nitrogens with zero attached hydrogens (tertiary/aromatic N) is 5. The number of amides is 2. The summed E-state index contributed by atoms with van der Waals surface area (Å²) in [5.41, 5.74) is 3.48. The number of likely N-dealkylation sites (tertiary alicyclic amines) is 2. The van der Waals surface area contributed by atoms with Crippen LogP contribution in [0.25, 0.3) is 5.57 Å². The van der Waals surface area contributed by atoms with Gasteiger partial charge < -0.3 is 29.6 Å². The van der Waals surface area contributed by atoms with Gasteiger partial charge in [0, 0.05) is 37.7 Å². The van der Waals surface area contributed by atoms with E-state index in [1.165, 1.54) is 0 Å². The lowest BCUT2D eigenvalue weighted by Gasteiger charge is -2.54. The molecule has 2 aromatic rings. The predicted molar refractivity (Wildman–Crippen MR) is 187 cm³/mol. The first kappa shape index (κ1) is 35.1. The van der Waals surface area contributed by atoms with Crippen molar-refractivity contribution >= 4 is 23.2 Å². The van der Waals surface area contributed by atoms with Gasteiger partial charge in [0.25, 0.3) is 0 Å². The van der Waals surface area contributed by atoms with E-state index in [1.807, 2.05) is 64.1 Å². The summed E-state index contributed by atoms with van der Waals surface area (Å²) in [5.74, 6) is 0.484. The minimum atomic E-state index is -0.549. The van der Waals surface area contributed by atoms with Gasteiger partial charge in [-0.2, -0.15) is 5.26 Å². The third kappa shape index (κ3) is 7.43. The van der Waals surface area contributed by atoms with Crippen molar-refractivity contribution < 1.29 is 19.2 Å². The highest BCUT2D eigenvalue weighted by Crippen LogP contribution is 2.43. The molecule has 10 heteroatoms. The first-order valence-electron chi connectivity index (χ1n) is 17.3. The van der Waals surface area contributed by atoms with Crippen molar-refractivity contribution in [3.05, 3.63) is 77.6 Å². The first-order valence-corrected chi connectivity index (χ1v) is 17.3. The van der Waals surface area contributed by atoms with E-state index < -0.39 is 12.0 Å². The zero-order valence-corrected chi connectivity index (χ0v) is 28.8. The highest BCUT2D eigenvalue weighted by atomic mass is 16.5. The Labute approximate surface area is 284 Å². The van der Waals surface area contributed by atoms with Crippen LogP contribution in [0.5, 0.6) is 0 Å². The molecule has 0 saturated carbocycles. The number of carbonyl (C=O) groups excluding carboxylic acids is 2. The van der Waals surface area contributed by atoms with E-state index >= 15 is 0 Å². The Morgan fingerprint density at radius 3 is 2.50 bits per heavy atom. The number of allylic oxidation sites excluding steroid dienone is 5. The topological polar surface area (TPSA) is 126 Å². The molecule has 0 bridgehead atoms. The number of aromatic nitrogens is 1. The van der Waals surface area contributed by atoms with Crippen LogP contribution in [-0.2, 0) is 9.59 Å². The Morgan fingerprint density at radius 2 is 1.90 bits per heavy atom. The molecule has 3 unspecified atom stereocenters. The number of hydrogen-bond donors (Lipinski definition) is 2. The van der Waals surface area contributed by atoms with Crippen molar-refractivity contribution in [1.82, 2.24) is 20.3 Å². The number of nitriles is 1. The van der Waals surface area contributed by atoms with Gasteiger partial charge in [0.1, 0.15) is 12.0 Å². The average Bonchev–Trinajstić information content (AvgIpc) is 3.75. The lowest BCUT2D eigenvalue weighted by Crippen LogP contribution is -2.60. The van der Waals surface area contributed by atoms with E-state index in [0.29, 0.717) is 24.3 Å². The van der Waals surface area contributed by atoms with Crippen LogP contribution in [0.4, 0.5) is 5.82 Å². The van der Waals surface area contributed by atoms with Gasteiger partial charge in [-0.15, -0.1) is 0 Å². The Bertz CT molecular complexity index is 1550. The van der Waals surface area contributed by atoms with Crippen LogP contribution in [0.1, 0.15) is 82.2 Å². The van der Waals surface area contributed by atoms with E-state index in [1.54, 1.807) is 17.1 Å². The van der Waals surface area contributed by atoms with E-state index in [-0.39, 0.29) is 35.8 Å². The molecule has 2 N–H and O–H groups in total. The molecule has 3 aliphatic rings. The van der Waals surface area contributed by atoms with Crippen molar-refractivity contribution in [1.29, 1.82) is 5.26 Å². The summed E-state index contributed by atoms with van der Waals surface area (Å²) in [6.07, 6.45) is 8.79. The van der Waals surface area contributed by atoms with E-state index in [4.69, 9.17) is 4.52 Å². The summed E-state index contributed by atoms with van der Waals surface area (Å²) in [7, 11) is 0. The summed E-state index contributed by atoms with van der Waals surface area (Å²) in [6.45, 7) is 16.9. The van der Waals surface area contributed by atoms with Gasteiger partial charge in [0.15, 0.2) is 11.6 Å². The molecular weight excluding hydrogens is 604 g/mol. The fraction of sp³-hybridized carbons (Fsp3) is 0.526. The number of β-amino-alcohol motifs (C(OH)–C–C–N with tert-alkyl or cyclic N) is 1. The Balaban J connectivity index is 1.21. The van der Waals surface area contributed by atoms with Crippen LogP contribution in [0.3, 0.4) is 0 Å². The SMILES string of the molecule is C=C/C=C(C#N)\C(=C/C)c1ccc(C(C)NC(=O)C2CCCN2C(=O)C(c2cc(N3CC4(CCN(CCO)CC4)C3)no2)C(C)C)cc1. The molecular formula is C38H50N6O4. The number of benzene rings is 1. The van der Waals surface area contributed by atoms with Crippen molar-refractivity contribution in [2.75, 3.05) is 50.8 Å². The standard InChI is InChI=1S/C38H50N6O4/c1-6-9-30(23-39)31(7-2)29-13-11-28(12-14-29)27(5)40-36(46)32-10-8-17-44(32)37(47)35(26(3)4)33-22-34(41-48-33)43-24-38(25-43)15-18-42(19-16-38)20-21-45/h6-7,9,11-14,22,26-27,32,35,45H,1,8,10,15-21,24-25H2,2-5H3,(H,40,46)/b30-9-,31-7-. The summed E-state index contributed by atoms with van der Waals surface area (Å²) >= 11 is 0. The van der Waals surface area contributed by atoms with Gasteiger partial charge in [-0.25, -0.2) is 0 Å². The second kappa shape index (κ2) is 15.3. The lowest BCUT2D eigenvalue weighted by molar-refractivity contribution is -0.141. The van der Waals surface area contributed by atoms with Crippen LogP contribution < -0.4 is 10.2 Å². The molecule has 3 atom stereocenters. The largest absolute Gasteiger partial charge is 0.395 e. The third-order valence-corrected chi connectivity index (χ3v) is 10.4. The number of hydrogen-bond acceptors (Lipinski definition) is 8. The van der Waals surface area contributed by atoms with Gasteiger partial charge in [0.05, 0.1) is 24.3 Å². The number of carbonyl (C=O) groups is 2. The molecule has 4 heterocycles. The maximum Gasteiger partial charge on any atom is 0.243 e. The molecule has 1 aromatic carbocycles. The summed E-state index contributed by atoms with van der Waals surface area (Å²) in [6, 6.07) is 11.1. The number of anilines is 1. The number of piperidine rings is 1. The minimum Gasteiger partial charge on any atom is -0.395 e. The maximum atomic E-state index is 14.1. The van der Waals surface area contributed by atoms with E-state index in [9.17, 15) is 20.0 Å². The molecule has 1 aromatic heterocycles. The average molecular weight is 655 g/mol. The number of rotatable bonds is 12. The summed E-state index contributed by atoms with van der Waals surface area (Å²) < 4.78 is 5.83. The Hall–Kier alpha value is -4.20. The normalized spacial score (nSPS) is 21.1. The number of aliphatic hydroxyl groups is 1. The lowest BCUT2D eigenvalue weighted by atomic mass is 9.72. The fourth-order valence-electron chi connectivity index (χ4n) is 7.55. The van der Waals surface area contributed by atoms with Crippen molar-refractivity contribution in [2.24, 2.45) is 11.3 Å². The Morgan fingerprint density at radius 1 is 1.19 bits per heavy atom. The van der Waals surface area contributed by atoms with Gasteiger partial charge in [-0.1, -0.05) is 62.0 Å². The molecule has 10 nitrogen and oxygen atoms in total. The number of aliphatic hydroxyl groups excluding tert-OH is 1. The van der Waals surface area contributed by atoms with E-state index in [0.717, 1.165) is 74.5 Å². The van der Waals surface area contributed by atoms with Crippen LogP contribution >= 0.6 is 0 Å². The highest BCUT2D eigenvalue weighted by Gasteiger charge is 2.46. The quantitative estimate of drug-likeness (QED) is 0.236. The summed E-state index contributed by atoms with van der Waals surface area (Å²) in [4.78, 5) is 34.0. The molecule has 1 spiro atoms. The molecule has 48 heavy (non-hydrogen) atoms. The van der Waals surface area contributed by atoms with Crippen LogP contribution in [-0.4, -0.2) is 83.8 Å². The zero-order chi connectivity index (χ0) is 34.4. The zero-order valence-electron chi connectivity index (χ0n) is 28.8. The van der Waals surface area contributed by atoms with Crippen LogP contribution in [0.2, 0.25) is 0 Å². The van der Waals surface area contributed by atoms with Crippen molar-refractivity contribution in [3.63, 3.8) is 0 Å². The molecule has 256 valence electrons. The smallest absolute Gasteiger partial charge is 0.243 e. The molecule has 3 saturated heterocycles. The van der Waals surface area contributed by atoms with Crippen molar-refractivity contribution in [2.45, 2.75) is 71.4 Å². The van der Waals surface area contributed by atoms with Gasteiger partial charge in [0.2, 0.25) is 11.8 Å². The van der Waals surface area contributed by atoms with Crippen LogP contribution in [0.15, 0.2) is 65.2 Å². The number of nitrogens with one attached hydrogen (secondary N) is 1. The highest BCUT2D eigenvalue weighted by molar-refractivity contribution is 5.91. The summed E-state index contributed by atoms with van der Waals surface area (Å²) in [5, 5.41) is 26.3. The molecule has 0 radical (unpaired) electrons. The predicted octanol–water partition coefficient (Wildman–Crippen LogP) is 5.22. The molecule has 3 fully saturated rings. The first-order chi connectivity index (χ1) is 23.1. The minimum absolute atomic E-state index is 0.0384. The maximum absolute atomic E-state index is 14.1. The van der Waals surface area contributed by atoms with Crippen LogP contribution in [0, 0.1) is 22.7 Å². The van der Waals surface area contributed by atoms with Crippen molar-refractivity contribution in [3.8, 4) is 6.07 Å². The van der Waals surface area contributed by atoms with Gasteiger partial charge in [-0.05, 0) is 81.3 Å². The molecule has 2 amide bonds.